The molecule has 0 fully saturated rings. The lowest BCUT2D eigenvalue weighted by Crippen LogP contribution is -2.57. The Bertz CT molecular complexity index is 859. The maximum atomic E-state index is 13.0. The fourth-order valence-electron chi connectivity index (χ4n) is 2.97. The first kappa shape index (κ1) is 33.0. The molecule has 0 spiro atoms. The van der Waals surface area contributed by atoms with E-state index in [1.54, 1.807) is 13.8 Å². The van der Waals surface area contributed by atoms with Gasteiger partial charge in [0.1, 0.15) is 18.1 Å². The number of hydrogen-bond acceptors (Lipinski definition) is 8. The number of guanidine groups is 1. The lowest BCUT2D eigenvalue weighted by Gasteiger charge is -2.25. The third-order valence-electron chi connectivity index (χ3n) is 5.17. The van der Waals surface area contributed by atoms with Crippen LogP contribution in [0.5, 0.6) is 0 Å². The highest BCUT2D eigenvalue weighted by atomic mass is 16.4. The fourth-order valence-corrected chi connectivity index (χ4v) is 2.97. The minimum Gasteiger partial charge on any atom is -0.481 e. The van der Waals surface area contributed by atoms with Gasteiger partial charge in [-0.25, -0.2) is 4.79 Å². The normalized spacial score (nSPS) is 13.9. The molecule has 0 saturated heterocycles. The van der Waals surface area contributed by atoms with Crippen molar-refractivity contribution in [3.05, 3.63) is 0 Å². The smallest absolute Gasteiger partial charge is 0.326 e. The van der Waals surface area contributed by atoms with Gasteiger partial charge in [0, 0.05) is 19.4 Å². The summed E-state index contributed by atoms with van der Waals surface area (Å²) >= 11 is 0. The first-order valence-corrected chi connectivity index (χ1v) is 11.6. The summed E-state index contributed by atoms with van der Waals surface area (Å²) in [4.78, 5) is 75.6. The number of carboxylic acid groups (broad SMARTS) is 2. The summed E-state index contributed by atoms with van der Waals surface area (Å²) in [7, 11) is 0. The van der Waals surface area contributed by atoms with E-state index >= 15 is 0 Å². The third-order valence-corrected chi connectivity index (χ3v) is 5.17. The Kier molecular flexibility index (Phi) is 14.9. The maximum Gasteiger partial charge on any atom is 0.326 e. The number of amides is 4. The molecule has 0 aliphatic rings. The SMILES string of the molecule is CC(C)C(N)C(=O)NC(CCC(N)=O)C(=O)NC(CCCN=C(N)N)C(=O)NC(CCC(=O)O)C(=O)O. The van der Waals surface area contributed by atoms with Gasteiger partial charge in [0.25, 0.3) is 0 Å². The van der Waals surface area contributed by atoms with E-state index < -0.39 is 72.6 Å². The van der Waals surface area contributed by atoms with Gasteiger partial charge in [0.15, 0.2) is 5.96 Å². The molecular formula is C21H38N8O8. The number of rotatable bonds is 18. The largest absolute Gasteiger partial charge is 0.481 e. The van der Waals surface area contributed by atoms with E-state index in [-0.39, 0.29) is 44.1 Å². The summed E-state index contributed by atoms with van der Waals surface area (Å²) in [5.74, 6) is -6.31. The molecule has 4 atom stereocenters. The molecule has 4 amide bonds. The third kappa shape index (κ3) is 14.3. The van der Waals surface area contributed by atoms with Crippen molar-refractivity contribution in [2.75, 3.05) is 6.54 Å². The van der Waals surface area contributed by atoms with Crippen molar-refractivity contribution >= 4 is 41.5 Å². The average molecular weight is 531 g/mol. The number of nitrogens with zero attached hydrogens (tertiary/aromatic N) is 1. The van der Waals surface area contributed by atoms with E-state index in [1.807, 2.05) is 0 Å². The van der Waals surface area contributed by atoms with Gasteiger partial charge in [-0.05, 0) is 31.6 Å². The van der Waals surface area contributed by atoms with E-state index in [4.69, 9.17) is 28.0 Å². The van der Waals surface area contributed by atoms with Crippen LogP contribution in [-0.4, -0.2) is 82.5 Å². The molecule has 0 aliphatic heterocycles. The van der Waals surface area contributed by atoms with Crippen LogP contribution >= 0.6 is 0 Å². The van der Waals surface area contributed by atoms with Crippen LogP contribution in [0.15, 0.2) is 4.99 Å². The number of carboxylic acids is 2. The van der Waals surface area contributed by atoms with Crippen LogP contribution in [0.2, 0.25) is 0 Å². The number of aliphatic imine (C=N–C) groups is 1. The molecule has 0 heterocycles. The summed E-state index contributed by atoms with van der Waals surface area (Å²) in [5, 5.41) is 25.2. The molecule has 0 bridgehead atoms. The zero-order valence-corrected chi connectivity index (χ0v) is 20.9. The monoisotopic (exact) mass is 530 g/mol. The molecule has 16 nitrogen and oxygen atoms in total. The number of nitrogens with one attached hydrogen (secondary N) is 3. The Hall–Kier alpha value is -3.95. The molecular weight excluding hydrogens is 492 g/mol. The van der Waals surface area contributed by atoms with E-state index in [9.17, 15) is 33.9 Å². The van der Waals surface area contributed by atoms with Crippen LogP contribution in [0.3, 0.4) is 0 Å². The average Bonchev–Trinajstić information content (AvgIpc) is 2.79. The molecule has 0 saturated carbocycles. The lowest BCUT2D eigenvalue weighted by molar-refractivity contribution is -0.143. The molecule has 0 aromatic carbocycles. The Morgan fingerprint density at radius 3 is 1.70 bits per heavy atom. The minimum atomic E-state index is -1.53. The van der Waals surface area contributed by atoms with Crippen LogP contribution < -0.4 is 38.9 Å². The summed E-state index contributed by atoms with van der Waals surface area (Å²) in [6.45, 7) is 3.49. The van der Waals surface area contributed by atoms with Crippen molar-refractivity contribution < 1.29 is 39.0 Å². The Morgan fingerprint density at radius 2 is 1.24 bits per heavy atom. The van der Waals surface area contributed by atoms with Crippen LogP contribution in [0, 0.1) is 5.92 Å². The van der Waals surface area contributed by atoms with Gasteiger partial charge < -0.3 is 49.1 Å². The fraction of sp³-hybridized carbons (Fsp3) is 0.667. The Labute approximate surface area is 214 Å². The highest BCUT2D eigenvalue weighted by molar-refractivity contribution is 5.94. The van der Waals surface area contributed by atoms with Crippen molar-refractivity contribution in [3.8, 4) is 0 Å². The number of aliphatic carboxylic acids is 2. The topological polar surface area (TPSA) is 295 Å². The lowest BCUT2D eigenvalue weighted by atomic mass is 10.0. The summed E-state index contributed by atoms with van der Waals surface area (Å²) in [6.07, 6.45) is -1.20. The van der Waals surface area contributed by atoms with Gasteiger partial charge in [-0.1, -0.05) is 13.8 Å². The van der Waals surface area contributed by atoms with E-state index in [0.29, 0.717) is 0 Å². The van der Waals surface area contributed by atoms with Gasteiger partial charge in [-0.2, -0.15) is 0 Å². The second kappa shape index (κ2) is 16.7. The summed E-state index contributed by atoms with van der Waals surface area (Å²) in [6, 6.07) is -5.07. The first-order chi connectivity index (χ1) is 17.1. The molecule has 0 radical (unpaired) electrons. The molecule has 13 N–H and O–H groups in total. The van der Waals surface area contributed by atoms with Crippen LogP contribution in [-0.2, 0) is 28.8 Å². The molecule has 0 aliphatic carbocycles. The van der Waals surface area contributed by atoms with Crippen molar-refractivity contribution in [2.24, 2.45) is 33.8 Å². The standard InChI is InChI=1S/C21H38N8O8/c1-10(2)16(23)19(35)28-12(5-7-14(22)30)18(34)27-11(4-3-9-26-21(24)25)17(33)29-13(20(36)37)6-8-15(31)32/h10-13,16H,3-9,23H2,1-2H3,(H2,22,30)(H,27,34)(H,28,35)(H,29,33)(H,31,32)(H,36,37)(H4,24,25,26). The molecule has 4 unspecified atom stereocenters. The predicted octanol–water partition coefficient (Wildman–Crippen LogP) is -3.31. The van der Waals surface area contributed by atoms with Crippen molar-refractivity contribution in [1.29, 1.82) is 0 Å². The molecule has 210 valence electrons. The number of hydrogen-bond donors (Lipinski definition) is 9. The number of nitrogens with two attached hydrogens (primary N) is 4. The van der Waals surface area contributed by atoms with Gasteiger partial charge in [0.05, 0.1) is 6.04 Å². The molecule has 0 rings (SSSR count). The second-order valence-corrected chi connectivity index (χ2v) is 8.68. The zero-order valence-electron chi connectivity index (χ0n) is 20.9. The van der Waals surface area contributed by atoms with Crippen LogP contribution in [0.4, 0.5) is 0 Å². The maximum absolute atomic E-state index is 13.0. The molecule has 0 aromatic heterocycles. The highest BCUT2D eigenvalue weighted by Gasteiger charge is 2.31. The van der Waals surface area contributed by atoms with Crippen molar-refractivity contribution in [3.63, 3.8) is 0 Å². The minimum absolute atomic E-state index is 0.0401. The van der Waals surface area contributed by atoms with Crippen LogP contribution in [0.25, 0.3) is 0 Å². The molecule has 37 heavy (non-hydrogen) atoms. The second-order valence-electron chi connectivity index (χ2n) is 8.68. The Morgan fingerprint density at radius 1 is 0.757 bits per heavy atom. The van der Waals surface area contributed by atoms with E-state index in [1.165, 1.54) is 0 Å². The summed E-state index contributed by atoms with van der Waals surface area (Å²) < 4.78 is 0. The molecule has 0 aromatic rings. The zero-order chi connectivity index (χ0) is 28.7. The summed E-state index contributed by atoms with van der Waals surface area (Å²) in [5.41, 5.74) is 21.5. The van der Waals surface area contributed by atoms with Gasteiger partial charge in [-0.3, -0.25) is 29.0 Å². The quantitative estimate of drug-likeness (QED) is 0.0480. The molecule has 16 heteroatoms. The van der Waals surface area contributed by atoms with Crippen molar-refractivity contribution in [2.45, 2.75) is 76.5 Å². The van der Waals surface area contributed by atoms with Gasteiger partial charge in [-0.15, -0.1) is 0 Å². The first-order valence-electron chi connectivity index (χ1n) is 11.6. The predicted molar refractivity (Wildman–Crippen MR) is 131 cm³/mol. The Balaban J connectivity index is 5.72. The van der Waals surface area contributed by atoms with E-state index in [0.717, 1.165) is 0 Å². The van der Waals surface area contributed by atoms with Crippen molar-refractivity contribution in [1.82, 2.24) is 16.0 Å². The number of carbonyl (C=O) groups excluding carboxylic acids is 4. The van der Waals surface area contributed by atoms with Crippen LogP contribution in [0.1, 0.15) is 52.4 Å². The van der Waals surface area contributed by atoms with E-state index in [2.05, 4.69) is 20.9 Å². The number of primary amides is 1. The van der Waals surface area contributed by atoms with Gasteiger partial charge >= 0.3 is 11.9 Å². The van der Waals surface area contributed by atoms with Gasteiger partial charge in [0.2, 0.25) is 23.6 Å². The number of carbonyl (C=O) groups is 6. The highest BCUT2D eigenvalue weighted by Crippen LogP contribution is 2.07.